The van der Waals surface area contributed by atoms with Crippen molar-refractivity contribution in [1.29, 1.82) is 0 Å². The molecule has 0 bridgehead atoms. The number of benzene rings is 1. The second-order valence-electron chi connectivity index (χ2n) is 7.83. The fourth-order valence-electron chi connectivity index (χ4n) is 4.44. The Morgan fingerprint density at radius 2 is 2.04 bits per heavy atom. The molecule has 1 unspecified atom stereocenters. The van der Waals surface area contributed by atoms with E-state index in [0.29, 0.717) is 11.8 Å². The van der Waals surface area contributed by atoms with Crippen molar-refractivity contribution in [3.05, 3.63) is 29.8 Å². The summed E-state index contributed by atoms with van der Waals surface area (Å²) in [6.45, 7) is 1.75. The molecule has 1 atom stereocenters. The van der Waals surface area contributed by atoms with Gasteiger partial charge in [0.15, 0.2) is 5.96 Å². The van der Waals surface area contributed by atoms with Crippen molar-refractivity contribution in [2.24, 2.45) is 16.3 Å². The number of fused-ring (bicyclic) bond motifs is 1. The van der Waals surface area contributed by atoms with Crippen LogP contribution in [0.5, 0.6) is 0 Å². The molecule has 1 aliphatic heterocycles. The van der Waals surface area contributed by atoms with Crippen molar-refractivity contribution in [2.45, 2.75) is 44.4 Å². The first kappa shape index (κ1) is 19.5. The van der Waals surface area contributed by atoms with Gasteiger partial charge >= 0.3 is 0 Å². The zero-order valence-corrected chi connectivity index (χ0v) is 17.7. The second-order valence-corrected chi connectivity index (χ2v) is 7.83. The van der Waals surface area contributed by atoms with Crippen LogP contribution in [0.4, 0.5) is 5.69 Å². The maximum Gasteiger partial charge on any atom is 0.225 e. The summed E-state index contributed by atoms with van der Waals surface area (Å²) in [5.41, 5.74) is 2.67. The summed E-state index contributed by atoms with van der Waals surface area (Å²) in [5.74, 6) is 2.07. The second kappa shape index (κ2) is 8.15. The third-order valence-corrected chi connectivity index (χ3v) is 6.25. The number of guanidine groups is 1. The van der Waals surface area contributed by atoms with Crippen molar-refractivity contribution in [2.75, 3.05) is 25.5 Å². The van der Waals surface area contributed by atoms with Crippen molar-refractivity contribution in [3.63, 3.8) is 0 Å². The molecule has 4 rings (SSSR count). The molecule has 0 radical (unpaired) electrons. The standard InChI is InChI=1S/C20H28N4O.HI/c1-21-19(23-13-20(9-4-10-20)15-7-8-15)22-12-14-11-18(25)24-17-6-3-2-5-16(14)17;/h2-3,5-6,14-15H,4,7-13H2,1H3,(H,24,25)(H2,21,22,23);1H. The molecule has 0 aromatic heterocycles. The Bertz CT molecular complexity index is 682. The van der Waals surface area contributed by atoms with E-state index in [1.54, 1.807) is 0 Å². The van der Waals surface area contributed by atoms with E-state index in [-0.39, 0.29) is 35.8 Å². The first-order valence-corrected chi connectivity index (χ1v) is 9.53. The number of carbonyl (C=O) groups excluding carboxylic acids is 1. The molecule has 3 N–H and O–H groups in total. The van der Waals surface area contributed by atoms with Crippen molar-refractivity contribution >= 4 is 41.5 Å². The molecule has 3 aliphatic rings. The highest BCUT2D eigenvalue weighted by Crippen LogP contribution is 2.56. The minimum Gasteiger partial charge on any atom is -0.356 e. The maximum atomic E-state index is 12.0. The van der Waals surface area contributed by atoms with Crippen LogP contribution in [0.2, 0.25) is 0 Å². The van der Waals surface area contributed by atoms with Crippen LogP contribution in [0.1, 0.15) is 50.0 Å². The lowest BCUT2D eigenvalue weighted by molar-refractivity contribution is -0.116. The van der Waals surface area contributed by atoms with Crippen molar-refractivity contribution in [3.8, 4) is 0 Å². The molecule has 1 aromatic rings. The van der Waals surface area contributed by atoms with E-state index in [1.807, 2.05) is 25.2 Å². The average molecular weight is 468 g/mol. The van der Waals surface area contributed by atoms with E-state index in [0.717, 1.165) is 30.7 Å². The van der Waals surface area contributed by atoms with E-state index >= 15 is 0 Å². The van der Waals surface area contributed by atoms with Crippen molar-refractivity contribution in [1.82, 2.24) is 10.6 Å². The smallest absolute Gasteiger partial charge is 0.225 e. The van der Waals surface area contributed by atoms with Gasteiger partial charge in [-0.3, -0.25) is 9.79 Å². The predicted molar refractivity (Wildman–Crippen MR) is 116 cm³/mol. The van der Waals surface area contributed by atoms with Gasteiger partial charge in [-0.1, -0.05) is 24.6 Å². The zero-order chi connectivity index (χ0) is 17.3. The predicted octanol–water partition coefficient (Wildman–Crippen LogP) is 3.48. The van der Waals surface area contributed by atoms with Gasteiger partial charge in [-0.05, 0) is 48.6 Å². The maximum absolute atomic E-state index is 12.0. The molecule has 0 spiro atoms. The number of aliphatic imine (C=N–C) groups is 1. The molecular formula is C20H29IN4O. The van der Waals surface area contributed by atoms with E-state index in [1.165, 1.54) is 37.7 Å². The van der Waals surface area contributed by atoms with Gasteiger partial charge in [0.2, 0.25) is 5.91 Å². The molecule has 5 nitrogen and oxygen atoms in total. The average Bonchev–Trinajstić information content (AvgIpc) is 3.41. The number of amides is 1. The number of halogens is 1. The van der Waals surface area contributed by atoms with E-state index in [4.69, 9.17) is 0 Å². The molecule has 6 heteroatoms. The highest BCUT2D eigenvalue weighted by Gasteiger charge is 2.48. The highest BCUT2D eigenvalue weighted by atomic mass is 127. The Morgan fingerprint density at radius 1 is 1.27 bits per heavy atom. The Labute approximate surface area is 172 Å². The number of anilines is 1. The van der Waals surface area contributed by atoms with Crippen LogP contribution < -0.4 is 16.0 Å². The number of hydrogen-bond acceptors (Lipinski definition) is 2. The molecule has 1 aromatic carbocycles. The summed E-state index contributed by atoms with van der Waals surface area (Å²) in [7, 11) is 1.82. The Hall–Kier alpha value is -1.31. The Kier molecular flexibility index (Phi) is 6.10. The highest BCUT2D eigenvalue weighted by molar-refractivity contribution is 14.0. The number of carbonyl (C=O) groups is 1. The van der Waals surface area contributed by atoms with E-state index < -0.39 is 0 Å². The summed E-state index contributed by atoms with van der Waals surface area (Å²) in [5, 5.41) is 9.94. The molecule has 0 saturated heterocycles. The van der Waals surface area contributed by atoms with Gasteiger partial charge in [0.25, 0.3) is 0 Å². The summed E-state index contributed by atoms with van der Waals surface area (Å²) in [6, 6.07) is 8.08. The number of nitrogens with one attached hydrogen (secondary N) is 3. The molecular weight excluding hydrogens is 439 g/mol. The van der Waals surface area contributed by atoms with Gasteiger partial charge in [0, 0.05) is 38.2 Å². The molecule has 1 heterocycles. The Morgan fingerprint density at radius 3 is 2.69 bits per heavy atom. The minimum atomic E-state index is 0. The van der Waals surface area contributed by atoms with Gasteiger partial charge in [-0.2, -0.15) is 0 Å². The molecule has 1 amide bonds. The molecule has 2 saturated carbocycles. The summed E-state index contributed by atoms with van der Waals surface area (Å²) < 4.78 is 0. The first-order chi connectivity index (χ1) is 12.2. The SMILES string of the molecule is CN=C(NCC1CC(=O)Nc2ccccc21)NCC1(C2CC2)CCC1.I. The minimum absolute atomic E-state index is 0. The van der Waals surface area contributed by atoms with Crippen molar-refractivity contribution < 1.29 is 4.79 Å². The normalized spacial score (nSPS) is 23.8. The topological polar surface area (TPSA) is 65.5 Å². The third-order valence-electron chi connectivity index (χ3n) is 6.25. The first-order valence-electron chi connectivity index (χ1n) is 9.53. The third kappa shape index (κ3) is 4.00. The molecule has 26 heavy (non-hydrogen) atoms. The summed E-state index contributed by atoms with van der Waals surface area (Å²) in [4.78, 5) is 16.3. The van der Waals surface area contributed by atoms with Crippen LogP contribution in [-0.2, 0) is 4.79 Å². The number of para-hydroxylation sites is 1. The quantitative estimate of drug-likeness (QED) is 0.352. The van der Waals surface area contributed by atoms with Crippen LogP contribution in [0, 0.1) is 11.3 Å². The summed E-state index contributed by atoms with van der Waals surface area (Å²) >= 11 is 0. The largest absolute Gasteiger partial charge is 0.356 e. The lowest BCUT2D eigenvalue weighted by Crippen LogP contribution is -2.48. The van der Waals surface area contributed by atoms with Gasteiger partial charge in [0.1, 0.15) is 0 Å². The van der Waals surface area contributed by atoms with Gasteiger partial charge in [-0.25, -0.2) is 0 Å². The zero-order valence-electron chi connectivity index (χ0n) is 15.4. The Balaban J connectivity index is 0.00000196. The lowest BCUT2D eigenvalue weighted by atomic mass is 9.65. The number of nitrogens with zero attached hydrogens (tertiary/aromatic N) is 1. The lowest BCUT2D eigenvalue weighted by Gasteiger charge is -2.43. The van der Waals surface area contributed by atoms with Crippen LogP contribution in [0.3, 0.4) is 0 Å². The van der Waals surface area contributed by atoms with Gasteiger partial charge < -0.3 is 16.0 Å². The van der Waals surface area contributed by atoms with Gasteiger partial charge in [-0.15, -0.1) is 24.0 Å². The van der Waals surface area contributed by atoms with Crippen LogP contribution in [-0.4, -0.2) is 32.0 Å². The number of hydrogen-bond donors (Lipinski definition) is 3. The molecule has 2 fully saturated rings. The fourth-order valence-corrected chi connectivity index (χ4v) is 4.44. The van der Waals surface area contributed by atoms with E-state index in [2.05, 4.69) is 27.0 Å². The van der Waals surface area contributed by atoms with E-state index in [9.17, 15) is 4.79 Å². The van der Waals surface area contributed by atoms with Gasteiger partial charge in [0.05, 0.1) is 0 Å². The van der Waals surface area contributed by atoms with Crippen LogP contribution >= 0.6 is 24.0 Å². The number of rotatable bonds is 5. The molecule has 142 valence electrons. The monoisotopic (exact) mass is 468 g/mol. The fraction of sp³-hybridized carbons (Fsp3) is 0.600. The summed E-state index contributed by atoms with van der Waals surface area (Å²) in [6.07, 6.45) is 7.42. The molecule has 2 aliphatic carbocycles. The van der Waals surface area contributed by atoms with Crippen LogP contribution in [0.15, 0.2) is 29.3 Å². The van der Waals surface area contributed by atoms with Crippen LogP contribution in [0.25, 0.3) is 0 Å².